The van der Waals surface area contributed by atoms with E-state index in [0.29, 0.717) is 11.2 Å². The molecular formula is C20H32O2. The van der Waals surface area contributed by atoms with Crippen LogP contribution in [0.1, 0.15) is 71.6 Å². The zero-order chi connectivity index (χ0) is 15.8. The van der Waals surface area contributed by atoms with E-state index < -0.39 is 0 Å². The summed E-state index contributed by atoms with van der Waals surface area (Å²) >= 11 is 0. The second-order valence-electron chi connectivity index (χ2n) is 7.06. The van der Waals surface area contributed by atoms with E-state index in [1.807, 2.05) is 12.1 Å². The molecule has 2 nitrogen and oxygen atoms in total. The number of benzene rings is 1. The van der Waals surface area contributed by atoms with Gasteiger partial charge in [0.1, 0.15) is 11.5 Å². The lowest BCUT2D eigenvalue weighted by Crippen LogP contribution is -2.32. The van der Waals surface area contributed by atoms with E-state index in [1.54, 1.807) is 12.1 Å². The summed E-state index contributed by atoms with van der Waals surface area (Å²) in [6, 6.07) is 7.04. The van der Waals surface area contributed by atoms with Gasteiger partial charge < -0.3 is 9.84 Å². The quantitative estimate of drug-likeness (QED) is 0.602. The molecule has 0 radical (unpaired) electrons. The Morgan fingerprint density at radius 2 is 1.82 bits per heavy atom. The Labute approximate surface area is 135 Å². The van der Waals surface area contributed by atoms with E-state index in [0.717, 1.165) is 24.7 Å². The van der Waals surface area contributed by atoms with Crippen molar-refractivity contribution in [2.45, 2.75) is 71.6 Å². The fraction of sp³-hybridized carbons (Fsp3) is 0.700. The number of phenolic OH excluding ortho intramolecular Hbond substituents is 1. The van der Waals surface area contributed by atoms with E-state index >= 15 is 0 Å². The van der Waals surface area contributed by atoms with Crippen LogP contribution < -0.4 is 4.74 Å². The molecule has 0 saturated heterocycles. The fourth-order valence-electron chi connectivity index (χ4n) is 4.14. The molecule has 1 atom stereocenters. The Morgan fingerprint density at radius 1 is 1.14 bits per heavy atom. The molecule has 1 fully saturated rings. The summed E-state index contributed by atoms with van der Waals surface area (Å²) in [6.07, 6.45) is 12.2. The van der Waals surface area contributed by atoms with Crippen molar-refractivity contribution in [3.05, 3.63) is 24.3 Å². The van der Waals surface area contributed by atoms with Gasteiger partial charge in [-0.1, -0.05) is 46.0 Å². The van der Waals surface area contributed by atoms with Crippen molar-refractivity contribution in [2.75, 3.05) is 6.61 Å². The van der Waals surface area contributed by atoms with Crippen molar-refractivity contribution in [1.82, 2.24) is 0 Å². The van der Waals surface area contributed by atoms with Crippen molar-refractivity contribution in [1.29, 1.82) is 0 Å². The van der Waals surface area contributed by atoms with E-state index in [1.165, 1.54) is 51.4 Å². The van der Waals surface area contributed by atoms with Gasteiger partial charge in [0.15, 0.2) is 0 Å². The topological polar surface area (TPSA) is 29.5 Å². The van der Waals surface area contributed by atoms with Gasteiger partial charge in [-0.3, -0.25) is 0 Å². The second kappa shape index (κ2) is 8.45. The average molecular weight is 304 g/mol. The van der Waals surface area contributed by atoms with Crippen molar-refractivity contribution in [3.63, 3.8) is 0 Å². The van der Waals surface area contributed by atoms with Gasteiger partial charge in [0, 0.05) is 0 Å². The largest absolute Gasteiger partial charge is 0.508 e. The molecule has 0 spiro atoms. The van der Waals surface area contributed by atoms with Gasteiger partial charge >= 0.3 is 0 Å². The number of ether oxygens (including phenoxy) is 1. The molecule has 1 aliphatic rings. The van der Waals surface area contributed by atoms with Gasteiger partial charge in [-0.15, -0.1) is 0 Å². The predicted octanol–water partition coefficient (Wildman–Crippen LogP) is 5.94. The van der Waals surface area contributed by atoms with Crippen LogP contribution in [0.4, 0.5) is 0 Å². The molecule has 1 aromatic rings. The first-order chi connectivity index (χ1) is 10.7. The van der Waals surface area contributed by atoms with Gasteiger partial charge in [-0.2, -0.15) is 0 Å². The van der Waals surface area contributed by atoms with Gasteiger partial charge in [0.2, 0.25) is 0 Å². The molecule has 124 valence electrons. The monoisotopic (exact) mass is 304 g/mol. The van der Waals surface area contributed by atoms with Crippen LogP contribution in [0.15, 0.2) is 24.3 Å². The highest BCUT2D eigenvalue weighted by Gasteiger charge is 2.36. The highest BCUT2D eigenvalue weighted by Crippen LogP contribution is 2.47. The second-order valence-corrected chi connectivity index (χ2v) is 7.06. The molecule has 1 unspecified atom stereocenters. The average Bonchev–Trinajstić information content (AvgIpc) is 2.54. The predicted molar refractivity (Wildman–Crippen MR) is 92.4 cm³/mol. The van der Waals surface area contributed by atoms with E-state index in [2.05, 4.69) is 13.8 Å². The number of rotatable bonds is 8. The summed E-state index contributed by atoms with van der Waals surface area (Å²) in [6.45, 7) is 5.56. The molecule has 1 aliphatic carbocycles. The summed E-state index contributed by atoms with van der Waals surface area (Å²) in [5.41, 5.74) is 0.562. The summed E-state index contributed by atoms with van der Waals surface area (Å²) in [5, 5.41) is 9.29. The smallest absolute Gasteiger partial charge is 0.119 e. The first-order valence-electron chi connectivity index (χ1n) is 9.08. The Bertz CT molecular complexity index is 418. The maximum absolute atomic E-state index is 9.29. The maximum Gasteiger partial charge on any atom is 0.119 e. The molecule has 2 rings (SSSR count). The van der Waals surface area contributed by atoms with Gasteiger partial charge in [0.25, 0.3) is 0 Å². The van der Waals surface area contributed by atoms with Crippen molar-refractivity contribution >= 4 is 0 Å². The van der Waals surface area contributed by atoms with Crippen LogP contribution in [0.2, 0.25) is 0 Å². The van der Waals surface area contributed by atoms with Gasteiger partial charge in [-0.05, 0) is 61.3 Å². The Balaban J connectivity index is 1.82. The molecule has 0 aromatic heterocycles. The highest BCUT2D eigenvalue weighted by atomic mass is 16.5. The molecule has 22 heavy (non-hydrogen) atoms. The zero-order valence-corrected chi connectivity index (χ0v) is 14.3. The van der Waals surface area contributed by atoms with Gasteiger partial charge in [-0.25, -0.2) is 0 Å². The highest BCUT2D eigenvalue weighted by molar-refractivity contribution is 5.29. The molecule has 1 saturated carbocycles. The lowest BCUT2D eigenvalue weighted by molar-refractivity contribution is 0.0793. The molecule has 0 heterocycles. The van der Waals surface area contributed by atoms with E-state index in [4.69, 9.17) is 4.74 Å². The summed E-state index contributed by atoms with van der Waals surface area (Å²) in [7, 11) is 0. The van der Waals surface area contributed by atoms with Crippen LogP contribution in [0.5, 0.6) is 11.5 Å². The Morgan fingerprint density at radius 3 is 2.45 bits per heavy atom. The third kappa shape index (κ3) is 4.66. The Kier molecular flexibility index (Phi) is 6.60. The minimum absolute atomic E-state index is 0.293. The standard InChI is InChI=1S/C20H32O2/c1-3-8-17(2)20(13-5-4-6-14-20)15-7-16-22-19-11-9-18(21)10-12-19/h9-12,17,21H,3-8,13-16H2,1-2H3. The summed E-state index contributed by atoms with van der Waals surface area (Å²) in [5.74, 6) is 1.99. The van der Waals surface area contributed by atoms with Crippen LogP contribution in [0.3, 0.4) is 0 Å². The molecule has 0 amide bonds. The minimum Gasteiger partial charge on any atom is -0.508 e. The molecule has 0 bridgehead atoms. The van der Waals surface area contributed by atoms with Crippen LogP contribution in [-0.4, -0.2) is 11.7 Å². The number of aromatic hydroxyl groups is 1. The first kappa shape index (κ1) is 17.2. The van der Waals surface area contributed by atoms with Crippen molar-refractivity contribution in [2.24, 2.45) is 11.3 Å². The third-order valence-electron chi connectivity index (χ3n) is 5.54. The zero-order valence-electron chi connectivity index (χ0n) is 14.3. The van der Waals surface area contributed by atoms with E-state index in [-0.39, 0.29) is 0 Å². The van der Waals surface area contributed by atoms with Crippen LogP contribution >= 0.6 is 0 Å². The number of hydrogen-bond donors (Lipinski definition) is 1. The van der Waals surface area contributed by atoms with Crippen LogP contribution in [0, 0.1) is 11.3 Å². The molecule has 0 aliphatic heterocycles. The maximum atomic E-state index is 9.29. The fourth-order valence-corrected chi connectivity index (χ4v) is 4.14. The molecule has 1 aromatic carbocycles. The molecule has 2 heteroatoms. The Hall–Kier alpha value is -1.18. The summed E-state index contributed by atoms with van der Waals surface area (Å²) < 4.78 is 5.83. The van der Waals surface area contributed by atoms with Crippen LogP contribution in [-0.2, 0) is 0 Å². The normalized spacial score (nSPS) is 18.8. The SMILES string of the molecule is CCCC(C)C1(CCCOc2ccc(O)cc2)CCCCC1. The lowest BCUT2D eigenvalue weighted by Gasteiger charge is -2.43. The first-order valence-corrected chi connectivity index (χ1v) is 9.08. The summed E-state index contributed by atoms with van der Waals surface area (Å²) in [4.78, 5) is 0. The van der Waals surface area contributed by atoms with Crippen LogP contribution in [0.25, 0.3) is 0 Å². The number of phenols is 1. The number of hydrogen-bond acceptors (Lipinski definition) is 2. The van der Waals surface area contributed by atoms with Gasteiger partial charge in [0.05, 0.1) is 6.61 Å². The van der Waals surface area contributed by atoms with E-state index in [9.17, 15) is 5.11 Å². The minimum atomic E-state index is 0.293. The van der Waals surface area contributed by atoms with Crippen molar-refractivity contribution in [3.8, 4) is 11.5 Å². The molecular weight excluding hydrogens is 272 g/mol. The third-order valence-corrected chi connectivity index (χ3v) is 5.54. The van der Waals surface area contributed by atoms with Crippen molar-refractivity contribution < 1.29 is 9.84 Å². The lowest BCUT2D eigenvalue weighted by atomic mass is 9.63. The molecule has 1 N–H and O–H groups in total.